The molecule has 0 N–H and O–H groups in total. The number of pyridine rings is 1. The summed E-state index contributed by atoms with van der Waals surface area (Å²) in [5.74, 6) is 0.775. The molecule has 1 aromatic heterocycles. The van der Waals surface area contributed by atoms with E-state index in [1.165, 1.54) is 0 Å². The van der Waals surface area contributed by atoms with Crippen molar-refractivity contribution in [2.45, 2.75) is 26.6 Å². The number of benzene rings is 1. The maximum absolute atomic E-state index is 6.15. The van der Waals surface area contributed by atoms with E-state index in [0.717, 1.165) is 22.2 Å². The number of ether oxygens (including phenoxy) is 2. The zero-order valence-electron chi connectivity index (χ0n) is 10.7. The number of halogens is 1. The lowest BCUT2D eigenvalue weighted by Gasteiger charge is -2.10. The SMILES string of the molecule is COc1ccc2cc(COC(C)C)c(Cl)nc2c1. The number of methoxy groups -OCH3 is 1. The first-order chi connectivity index (χ1) is 8.60. The second-order valence-electron chi connectivity index (χ2n) is 4.36. The van der Waals surface area contributed by atoms with Gasteiger partial charge in [-0.25, -0.2) is 4.98 Å². The summed E-state index contributed by atoms with van der Waals surface area (Å²) >= 11 is 6.15. The standard InChI is InChI=1S/C14H16ClNO2/c1-9(2)18-8-11-6-10-4-5-12(17-3)7-13(10)16-14(11)15/h4-7,9H,8H2,1-3H3. The van der Waals surface area contributed by atoms with E-state index in [1.807, 2.05) is 38.1 Å². The molecule has 3 nitrogen and oxygen atoms in total. The number of hydrogen-bond donors (Lipinski definition) is 0. The minimum absolute atomic E-state index is 0.174. The smallest absolute Gasteiger partial charge is 0.135 e. The third kappa shape index (κ3) is 2.92. The van der Waals surface area contributed by atoms with Crippen LogP contribution in [0, 0.1) is 0 Å². The van der Waals surface area contributed by atoms with Crippen LogP contribution in [-0.4, -0.2) is 18.2 Å². The summed E-state index contributed by atoms with van der Waals surface area (Å²) in [5.41, 5.74) is 1.73. The lowest BCUT2D eigenvalue weighted by molar-refractivity contribution is 0.0657. The predicted octanol–water partition coefficient (Wildman–Crippen LogP) is 3.82. The molecule has 18 heavy (non-hydrogen) atoms. The van der Waals surface area contributed by atoms with Gasteiger partial charge < -0.3 is 9.47 Å². The van der Waals surface area contributed by atoms with E-state index in [-0.39, 0.29) is 6.10 Å². The average molecular weight is 266 g/mol. The van der Waals surface area contributed by atoms with Crippen LogP contribution in [0.25, 0.3) is 10.9 Å². The molecule has 1 aromatic carbocycles. The third-order valence-electron chi connectivity index (χ3n) is 2.62. The molecule has 0 aliphatic heterocycles. The van der Waals surface area contributed by atoms with Crippen molar-refractivity contribution in [2.24, 2.45) is 0 Å². The van der Waals surface area contributed by atoms with Gasteiger partial charge in [-0.3, -0.25) is 0 Å². The highest BCUT2D eigenvalue weighted by Crippen LogP contribution is 2.24. The largest absolute Gasteiger partial charge is 0.497 e. The summed E-state index contributed by atoms with van der Waals surface area (Å²) in [6.07, 6.45) is 0.174. The number of hydrogen-bond acceptors (Lipinski definition) is 3. The van der Waals surface area contributed by atoms with Crippen LogP contribution in [0.1, 0.15) is 19.4 Å². The number of rotatable bonds is 4. The van der Waals surface area contributed by atoms with Crippen molar-refractivity contribution >= 4 is 22.5 Å². The van der Waals surface area contributed by atoms with Crippen molar-refractivity contribution in [1.82, 2.24) is 4.98 Å². The first-order valence-corrected chi connectivity index (χ1v) is 6.22. The second kappa shape index (κ2) is 5.55. The minimum atomic E-state index is 0.174. The predicted molar refractivity (Wildman–Crippen MR) is 73.2 cm³/mol. The monoisotopic (exact) mass is 265 g/mol. The van der Waals surface area contributed by atoms with E-state index < -0.39 is 0 Å². The van der Waals surface area contributed by atoms with Crippen molar-refractivity contribution in [3.63, 3.8) is 0 Å². The van der Waals surface area contributed by atoms with E-state index in [1.54, 1.807) is 7.11 Å². The van der Waals surface area contributed by atoms with E-state index in [0.29, 0.717) is 11.8 Å². The summed E-state index contributed by atoms with van der Waals surface area (Å²) in [7, 11) is 1.63. The molecule has 0 aliphatic rings. The fourth-order valence-corrected chi connectivity index (χ4v) is 1.85. The van der Waals surface area contributed by atoms with Crippen LogP contribution in [0.3, 0.4) is 0 Å². The number of fused-ring (bicyclic) bond motifs is 1. The Morgan fingerprint density at radius 1 is 1.28 bits per heavy atom. The van der Waals surface area contributed by atoms with Gasteiger partial charge in [0.05, 0.1) is 25.3 Å². The summed E-state index contributed by atoms with van der Waals surface area (Å²) in [4.78, 5) is 4.37. The van der Waals surface area contributed by atoms with Gasteiger partial charge in [0.25, 0.3) is 0 Å². The molecule has 4 heteroatoms. The average Bonchev–Trinajstić information content (AvgIpc) is 2.35. The van der Waals surface area contributed by atoms with Crippen LogP contribution in [0.15, 0.2) is 24.3 Å². The Kier molecular flexibility index (Phi) is 4.04. The molecular formula is C14H16ClNO2. The second-order valence-corrected chi connectivity index (χ2v) is 4.71. The fourth-order valence-electron chi connectivity index (χ4n) is 1.65. The van der Waals surface area contributed by atoms with E-state index in [9.17, 15) is 0 Å². The summed E-state index contributed by atoms with van der Waals surface area (Å²) in [5, 5.41) is 1.51. The third-order valence-corrected chi connectivity index (χ3v) is 2.95. The fraction of sp³-hybridized carbons (Fsp3) is 0.357. The van der Waals surface area contributed by atoms with Gasteiger partial charge in [0.1, 0.15) is 10.9 Å². The zero-order valence-corrected chi connectivity index (χ0v) is 11.5. The van der Waals surface area contributed by atoms with Gasteiger partial charge in [0, 0.05) is 17.0 Å². The number of nitrogens with zero attached hydrogens (tertiary/aromatic N) is 1. The molecule has 0 radical (unpaired) electrons. The van der Waals surface area contributed by atoms with E-state index in [2.05, 4.69) is 4.98 Å². The molecule has 0 atom stereocenters. The van der Waals surface area contributed by atoms with Gasteiger partial charge in [0.15, 0.2) is 0 Å². The maximum Gasteiger partial charge on any atom is 0.135 e. The molecule has 1 heterocycles. The summed E-state index contributed by atoms with van der Waals surface area (Å²) in [6.45, 7) is 4.46. The Bertz CT molecular complexity index is 555. The van der Waals surface area contributed by atoms with Crippen molar-refractivity contribution in [2.75, 3.05) is 7.11 Å². The molecule has 0 aliphatic carbocycles. The first-order valence-electron chi connectivity index (χ1n) is 5.85. The number of aromatic nitrogens is 1. The zero-order chi connectivity index (χ0) is 13.1. The Hall–Kier alpha value is -1.32. The molecule has 0 saturated heterocycles. The van der Waals surface area contributed by atoms with Crippen LogP contribution in [0.5, 0.6) is 5.75 Å². The molecule has 0 saturated carbocycles. The molecule has 0 fully saturated rings. The van der Waals surface area contributed by atoms with Gasteiger partial charge in [-0.2, -0.15) is 0 Å². The quantitative estimate of drug-likeness (QED) is 0.788. The molecule has 0 unspecified atom stereocenters. The lowest BCUT2D eigenvalue weighted by atomic mass is 10.1. The van der Waals surface area contributed by atoms with E-state index >= 15 is 0 Å². The Labute approximate surface area is 112 Å². The van der Waals surface area contributed by atoms with Crippen LogP contribution in [-0.2, 0) is 11.3 Å². The van der Waals surface area contributed by atoms with Crippen LogP contribution >= 0.6 is 11.6 Å². The van der Waals surface area contributed by atoms with E-state index in [4.69, 9.17) is 21.1 Å². The molecule has 96 valence electrons. The first kappa shape index (κ1) is 13.1. The molecule has 0 spiro atoms. The van der Waals surface area contributed by atoms with Gasteiger partial charge in [-0.1, -0.05) is 11.6 Å². The van der Waals surface area contributed by atoms with Crippen molar-refractivity contribution in [3.05, 3.63) is 35.0 Å². The highest BCUT2D eigenvalue weighted by Gasteiger charge is 2.07. The summed E-state index contributed by atoms with van der Waals surface area (Å²) in [6, 6.07) is 7.75. The highest BCUT2D eigenvalue weighted by molar-refractivity contribution is 6.30. The van der Waals surface area contributed by atoms with Gasteiger partial charge >= 0.3 is 0 Å². The van der Waals surface area contributed by atoms with Crippen molar-refractivity contribution in [1.29, 1.82) is 0 Å². The van der Waals surface area contributed by atoms with Crippen LogP contribution in [0.4, 0.5) is 0 Å². The molecular weight excluding hydrogens is 250 g/mol. The Balaban J connectivity index is 2.36. The topological polar surface area (TPSA) is 31.4 Å². The lowest BCUT2D eigenvalue weighted by Crippen LogP contribution is -2.03. The van der Waals surface area contributed by atoms with Crippen molar-refractivity contribution in [3.8, 4) is 5.75 Å². The van der Waals surface area contributed by atoms with Crippen molar-refractivity contribution < 1.29 is 9.47 Å². The molecule has 0 bridgehead atoms. The molecule has 2 aromatic rings. The Morgan fingerprint density at radius 3 is 2.72 bits per heavy atom. The molecule has 0 amide bonds. The van der Waals surface area contributed by atoms with Crippen LogP contribution in [0.2, 0.25) is 5.15 Å². The van der Waals surface area contributed by atoms with Gasteiger partial charge in [0.2, 0.25) is 0 Å². The highest BCUT2D eigenvalue weighted by atomic mass is 35.5. The normalized spacial score (nSPS) is 11.2. The van der Waals surface area contributed by atoms with Gasteiger partial charge in [-0.15, -0.1) is 0 Å². The Morgan fingerprint density at radius 2 is 2.06 bits per heavy atom. The minimum Gasteiger partial charge on any atom is -0.497 e. The van der Waals surface area contributed by atoms with Crippen LogP contribution < -0.4 is 4.74 Å². The maximum atomic E-state index is 6.15. The summed E-state index contributed by atoms with van der Waals surface area (Å²) < 4.78 is 10.7. The molecule has 2 rings (SSSR count). The van der Waals surface area contributed by atoms with Gasteiger partial charge in [-0.05, 0) is 32.0 Å².